The van der Waals surface area contributed by atoms with Crippen LogP contribution in [0.25, 0.3) is 10.1 Å². The molecule has 3 aliphatic heterocycles. The van der Waals surface area contributed by atoms with Gasteiger partial charge < -0.3 is 15.5 Å². The van der Waals surface area contributed by atoms with E-state index in [4.69, 9.17) is 0 Å². The van der Waals surface area contributed by atoms with Crippen LogP contribution < -0.4 is 15.5 Å². The van der Waals surface area contributed by atoms with Crippen molar-refractivity contribution in [1.82, 2.24) is 10.6 Å². The summed E-state index contributed by atoms with van der Waals surface area (Å²) in [6.07, 6.45) is 6.12. The molecule has 24 heavy (non-hydrogen) atoms. The smallest absolute Gasteiger partial charge is 0.251 e. The molecular weight excluding hydrogens is 318 g/mol. The van der Waals surface area contributed by atoms with Gasteiger partial charge in [0, 0.05) is 41.5 Å². The summed E-state index contributed by atoms with van der Waals surface area (Å²) in [6.45, 7) is 2.33. The molecule has 4 nitrogen and oxygen atoms in total. The Hall–Kier alpha value is -1.59. The van der Waals surface area contributed by atoms with Gasteiger partial charge in [-0.1, -0.05) is 0 Å². The summed E-state index contributed by atoms with van der Waals surface area (Å²) in [6, 6.07) is 9.78. The summed E-state index contributed by atoms with van der Waals surface area (Å²) in [5.74, 6) is 0.0742. The van der Waals surface area contributed by atoms with Crippen LogP contribution in [0, 0.1) is 0 Å². The fraction of sp³-hybridized carbons (Fsp3) is 0.526. The highest BCUT2D eigenvalue weighted by atomic mass is 32.1. The lowest BCUT2D eigenvalue weighted by Crippen LogP contribution is -2.42. The van der Waals surface area contributed by atoms with Crippen LogP contribution in [-0.2, 0) is 0 Å². The Labute approximate surface area is 146 Å². The number of hydrogen-bond donors (Lipinski definition) is 2. The Morgan fingerprint density at radius 2 is 2.08 bits per heavy atom. The minimum Gasteiger partial charge on any atom is -0.363 e. The number of carbonyl (C=O) groups is 1. The SMILES string of the molecule is O=C(N[C@@H]1C[C@H]2CC[C@@H]1N2)c1ccc2sc(N3CCCC3)cc2c1. The van der Waals surface area contributed by atoms with Crippen LogP contribution in [0.15, 0.2) is 24.3 Å². The Morgan fingerprint density at radius 1 is 1.21 bits per heavy atom. The number of carbonyl (C=O) groups excluding carboxylic acids is 1. The van der Waals surface area contributed by atoms with Gasteiger partial charge in [0.15, 0.2) is 0 Å². The zero-order chi connectivity index (χ0) is 16.1. The molecule has 4 heterocycles. The first-order valence-corrected chi connectivity index (χ1v) is 9.93. The van der Waals surface area contributed by atoms with Crippen LogP contribution >= 0.6 is 11.3 Å². The van der Waals surface area contributed by atoms with Gasteiger partial charge in [0.05, 0.1) is 5.00 Å². The van der Waals surface area contributed by atoms with Crippen LogP contribution in [0.1, 0.15) is 42.5 Å². The van der Waals surface area contributed by atoms with Gasteiger partial charge in [-0.3, -0.25) is 4.79 Å². The lowest BCUT2D eigenvalue weighted by molar-refractivity contribution is 0.0931. The number of benzene rings is 1. The van der Waals surface area contributed by atoms with Crippen molar-refractivity contribution in [3.63, 3.8) is 0 Å². The molecule has 1 amide bonds. The molecule has 2 N–H and O–H groups in total. The Kier molecular flexibility index (Phi) is 3.52. The Morgan fingerprint density at radius 3 is 2.83 bits per heavy atom. The first-order valence-electron chi connectivity index (χ1n) is 9.12. The predicted molar refractivity (Wildman–Crippen MR) is 99.1 cm³/mol. The first kappa shape index (κ1) is 14.7. The van der Waals surface area contributed by atoms with Crippen LogP contribution in [0.2, 0.25) is 0 Å². The highest BCUT2D eigenvalue weighted by Gasteiger charge is 2.39. The van der Waals surface area contributed by atoms with Gasteiger partial charge in [-0.25, -0.2) is 0 Å². The second kappa shape index (κ2) is 5.74. The number of fused-ring (bicyclic) bond motifs is 3. The maximum absolute atomic E-state index is 12.6. The maximum Gasteiger partial charge on any atom is 0.251 e. The second-order valence-corrected chi connectivity index (χ2v) is 8.46. The number of nitrogens with zero attached hydrogens (tertiary/aromatic N) is 1. The molecule has 3 saturated heterocycles. The van der Waals surface area contributed by atoms with Crippen molar-refractivity contribution >= 4 is 32.3 Å². The molecule has 0 radical (unpaired) electrons. The second-order valence-electron chi connectivity index (χ2n) is 7.39. The largest absolute Gasteiger partial charge is 0.363 e. The molecule has 5 rings (SSSR count). The van der Waals surface area contributed by atoms with Crippen molar-refractivity contribution in [2.24, 2.45) is 0 Å². The van der Waals surface area contributed by atoms with Crippen molar-refractivity contribution < 1.29 is 4.79 Å². The molecule has 5 heteroatoms. The summed E-state index contributed by atoms with van der Waals surface area (Å²) in [5, 5.41) is 9.36. The van der Waals surface area contributed by atoms with Gasteiger partial charge >= 0.3 is 0 Å². The van der Waals surface area contributed by atoms with E-state index in [0.717, 1.165) is 25.1 Å². The summed E-state index contributed by atoms with van der Waals surface area (Å²) < 4.78 is 1.27. The lowest BCUT2D eigenvalue weighted by Gasteiger charge is -2.21. The minimum atomic E-state index is 0.0742. The number of hydrogen-bond acceptors (Lipinski definition) is 4. The first-order chi connectivity index (χ1) is 11.8. The third-order valence-electron chi connectivity index (χ3n) is 5.80. The molecular formula is C19H23N3OS. The standard InChI is InChI=1S/C19H23N3OS/c23-19(21-16-11-14-4-5-15(16)20-14)12-3-6-17-13(9-12)10-18(24-17)22-7-1-2-8-22/h3,6,9-10,14-16,20H,1-2,4-5,7-8,11H2,(H,21,23)/t14-,15+,16-/m1/s1. The summed E-state index contributed by atoms with van der Waals surface area (Å²) in [4.78, 5) is 15.1. The molecule has 2 aromatic rings. The van der Waals surface area contributed by atoms with E-state index in [2.05, 4.69) is 33.7 Å². The molecule has 2 bridgehead atoms. The van der Waals surface area contributed by atoms with Gasteiger partial charge in [-0.15, -0.1) is 11.3 Å². The van der Waals surface area contributed by atoms with E-state index >= 15 is 0 Å². The van der Waals surface area contributed by atoms with Crippen molar-refractivity contribution in [3.8, 4) is 0 Å². The molecule has 0 saturated carbocycles. The van der Waals surface area contributed by atoms with E-state index < -0.39 is 0 Å². The van der Waals surface area contributed by atoms with Crippen molar-refractivity contribution in [1.29, 1.82) is 0 Å². The van der Waals surface area contributed by atoms with Gasteiger partial charge in [0.25, 0.3) is 5.91 Å². The highest BCUT2D eigenvalue weighted by Crippen LogP contribution is 2.35. The number of anilines is 1. The molecule has 0 unspecified atom stereocenters. The van der Waals surface area contributed by atoms with Gasteiger partial charge in [0.1, 0.15) is 0 Å². The van der Waals surface area contributed by atoms with E-state index in [1.165, 1.54) is 40.8 Å². The van der Waals surface area contributed by atoms with Gasteiger partial charge in [0.2, 0.25) is 0 Å². The molecule has 1 aromatic heterocycles. The average molecular weight is 341 g/mol. The van der Waals surface area contributed by atoms with Gasteiger partial charge in [-0.05, 0) is 61.8 Å². The molecule has 1 aromatic carbocycles. The van der Waals surface area contributed by atoms with Crippen LogP contribution in [-0.4, -0.2) is 37.1 Å². The predicted octanol–water partition coefficient (Wildman–Crippen LogP) is 3.12. The third-order valence-corrected chi connectivity index (χ3v) is 6.98. The van der Waals surface area contributed by atoms with E-state index in [-0.39, 0.29) is 5.91 Å². The summed E-state index contributed by atoms with van der Waals surface area (Å²) >= 11 is 1.84. The van der Waals surface area contributed by atoms with Crippen LogP contribution in [0.4, 0.5) is 5.00 Å². The van der Waals surface area contributed by atoms with Crippen molar-refractivity contribution in [2.75, 3.05) is 18.0 Å². The number of amides is 1. The number of nitrogens with one attached hydrogen (secondary N) is 2. The monoisotopic (exact) mass is 341 g/mol. The van der Waals surface area contributed by atoms with E-state index in [1.54, 1.807) is 0 Å². The van der Waals surface area contributed by atoms with Crippen LogP contribution in [0.5, 0.6) is 0 Å². The summed E-state index contributed by atoms with van der Waals surface area (Å²) in [5.41, 5.74) is 0.788. The molecule has 126 valence electrons. The van der Waals surface area contributed by atoms with E-state index in [9.17, 15) is 4.79 Å². The normalized spacial score (nSPS) is 28.8. The third kappa shape index (κ3) is 2.50. The van der Waals surface area contributed by atoms with Crippen molar-refractivity contribution in [2.45, 2.75) is 50.2 Å². The van der Waals surface area contributed by atoms with Gasteiger partial charge in [-0.2, -0.15) is 0 Å². The topological polar surface area (TPSA) is 44.4 Å². The van der Waals surface area contributed by atoms with E-state index in [0.29, 0.717) is 18.1 Å². The Bertz CT molecular complexity index is 780. The van der Waals surface area contributed by atoms with E-state index in [1.807, 2.05) is 17.4 Å². The minimum absolute atomic E-state index is 0.0742. The number of rotatable bonds is 3. The highest BCUT2D eigenvalue weighted by molar-refractivity contribution is 7.22. The molecule has 3 fully saturated rings. The zero-order valence-corrected chi connectivity index (χ0v) is 14.6. The quantitative estimate of drug-likeness (QED) is 0.901. The molecule has 3 atom stereocenters. The lowest BCUT2D eigenvalue weighted by atomic mass is 9.95. The van der Waals surface area contributed by atoms with Crippen LogP contribution in [0.3, 0.4) is 0 Å². The zero-order valence-electron chi connectivity index (χ0n) is 13.8. The fourth-order valence-corrected chi connectivity index (χ4v) is 5.59. The Balaban J connectivity index is 1.35. The molecule has 0 spiro atoms. The summed E-state index contributed by atoms with van der Waals surface area (Å²) in [7, 11) is 0. The average Bonchev–Trinajstić information content (AvgIpc) is 3.35. The number of thiophene rings is 1. The molecule has 0 aliphatic carbocycles. The maximum atomic E-state index is 12.6. The molecule has 3 aliphatic rings. The fourth-order valence-electron chi connectivity index (χ4n) is 4.50. The van der Waals surface area contributed by atoms with Crippen molar-refractivity contribution in [3.05, 3.63) is 29.8 Å².